The van der Waals surface area contributed by atoms with Crippen LogP contribution < -0.4 is 0 Å². The summed E-state index contributed by atoms with van der Waals surface area (Å²) in [6.07, 6.45) is -0.719. The van der Waals surface area contributed by atoms with Gasteiger partial charge in [0.25, 0.3) is 0 Å². The van der Waals surface area contributed by atoms with Crippen molar-refractivity contribution in [1.82, 2.24) is 10.1 Å². The second kappa shape index (κ2) is 6.91. The van der Waals surface area contributed by atoms with E-state index in [-0.39, 0.29) is 6.61 Å². The number of nitrogens with zero attached hydrogens (tertiary/aromatic N) is 2. The lowest BCUT2D eigenvalue weighted by molar-refractivity contribution is 0.113. The third kappa shape index (κ3) is 4.21. The van der Waals surface area contributed by atoms with Crippen molar-refractivity contribution in [2.24, 2.45) is 0 Å². The Hall–Kier alpha value is -1.08. The van der Waals surface area contributed by atoms with Gasteiger partial charge >= 0.3 is 0 Å². The summed E-state index contributed by atoms with van der Waals surface area (Å²) < 4.78 is 5.11. The molecule has 0 fully saturated rings. The average Bonchev–Trinajstić information content (AvgIpc) is 2.88. The molecule has 2 rings (SSSR count). The first kappa shape index (κ1) is 14.3. The SMILES string of the molecule is OC[C@H](O)CSCc1nc(-c2ccc(Cl)cc2)no1. The van der Waals surface area contributed by atoms with Gasteiger partial charge in [-0.1, -0.05) is 16.8 Å². The van der Waals surface area contributed by atoms with E-state index < -0.39 is 6.10 Å². The van der Waals surface area contributed by atoms with Crippen molar-refractivity contribution in [3.8, 4) is 11.4 Å². The summed E-state index contributed by atoms with van der Waals surface area (Å²) in [5.41, 5.74) is 0.833. The summed E-state index contributed by atoms with van der Waals surface area (Å²) >= 11 is 7.23. The van der Waals surface area contributed by atoms with Gasteiger partial charge in [0.2, 0.25) is 11.7 Å². The Morgan fingerprint density at radius 3 is 2.74 bits per heavy atom. The second-order valence-corrected chi connectivity index (χ2v) is 5.34. The summed E-state index contributed by atoms with van der Waals surface area (Å²) in [6, 6.07) is 7.16. The topological polar surface area (TPSA) is 79.4 Å². The zero-order valence-electron chi connectivity index (χ0n) is 9.99. The van der Waals surface area contributed by atoms with Gasteiger partial charge < -0.3 is 14.7 Å². The van der Waals surface area contributed by atoms with E-state index in [9.17, 15) is 5.11 Å². The molecule has 102 valence electrons. The first-order valence-corrected chi connectivity index (χ1v) is 7.17. The fourth-order valence-corrected chi connectivity index (χ4v) is 2.28. The van der Waals surface area contributed by atoms with Gasteiger partial charge in [-0.15, -0.1) is 11.8 Å². The van der Waals surface area contributed by atoms with Crippen LogP contribution in [0.2, 0.25) is 5.02 Å². The van der Waals surface area contributed by atoms with Crippen molar-refractivity contribution in [2.75, 3.05) is 12.4 Å². The predicted molar refractivity (Wildman–Crippen MR) is 74.0 cm³/mol. The number of thioether (sulfide) groups is 1. The second-order valence-electron chi connectivity index (χ2n) is 3.87. The quantitative estimate of drug-likeness (QED) is 0.849. The molecule has 1 heterocycles. The van der Waals surface area contributed by atoms with Crippen molar-refractivity contribution in [3.05, 3.63) is 35.2 Å². The van der Waals surface area contributed by atoms with Crippen LogP contribution >= 0.6 is 23.4 Å². The van der Waals surface area contributed by atoms with Crippen molar-refractivity contribution in [1.29, 1.82) is 0 Å². The van der Waals surface area contributed by atoms with Gasteiger partial charge in [-0.25, -0.2) is 0 Å². The van der Waals surface area contributed by atoms with Crippen molar-refractivity contribution in [3.63, 3.8) is 0 Å². The highest BCUT2D eigenvalue weighted by atomic mass is 35.5. The molecule has 19 heavy (non-hydrogen) atoms. The summed E-state index contributed by atoms with van der Waals surface area (Å²) in [4.78, 5) is 4.25. The van der Waals surface area contributed by atoms with Gasteiger partial charge in [0, 0.05) is 16.3 Å². The number of hydrogen-bond acceptors (Lipinski definition) is 6. The highest BCUT2D eigenvalue weighted by Crippen LogP contribution is 2.20. The van der Waals surface area contributed by atoms with Crippen LogP contribution in [0.15, 0.2) is 28.8 Å². The molecule has 1 aromatic carbocycles. The molecule has 2 N–H and O–H groups in total. The van der Waals surface area contributed by atoms with E-state index in [1.54, 1.807) is 12.1 Å². The number of aliphatic hydroxyl groups is 2. The Bertz CT molecular complexity index is 518. The molecule has 0 aliphatic rings. The van der Waals surface area contributed by atoms with Crippen LogP contribution in [0, 0.1) is 0 Å². The van der Waals surface area contributed by atoms with E-state index in [4.69, 9.17) is 21.2 Å². The van der Waals surface area contributed by atoms with E-state index in [1.807, 2.05) is 12.1 Å². The fourth-order valence-electron chi connectivity index (χ4n) is 1.36. The lowest BCUT2D eigenvalue weighted by Crippen LogP contribution is -2.14. The maximum atomic E-state index is 9.20. The molecule has 0 unspecified atom stereocenters. The van der Waals surface area contributed by atoms with Gasteiger partial charge in [-0.3, -0.25) is 0 Å². The highest BCUT2D eigenvalue weighted by molar-refractivity contribution is 7.98. The maximum absolute atomic E-state index is 9.20. The Morgan fingerprint density at radius 2 is 2.05 bits per heavy atom. The fraction of sp³-hybridized carbons (Fsp3) is 0.333. The van der Waals surface area contributed by atoms with Gasteiger partial charge in [0.05, 0.1) is 18.5 Å². The number of rotatable bonds is 6. The minimum absolute atomic E-state index is 0.243. The first-order valence-electron chi connectivity index (χ1n) is 5.64. The van der Waals surface area contributed by atoms with E-state index in [0.29, 0.717) is 28.2 Å². The van der Waals surface area contributed by atoms with Gasteiger partial charge in [0.15, 0.2) is 0 Å². The average molecular weight is 301 g/mol. The third-order valence-corrected chi connectivity index (χ3v) is 3.64. The largest absolute Gasteiger partial charge is 0.394 e. The molecule has 0 saturated carbocycles. The number of aliphatic hydroxyl groups excluding tert-OH is 2. The van der Waals surface area contributed by atoms with Crippen molar-refractivity contribution < 1.29 is 14.7 Å². The van der Waals surface area contributed by atoms with E-state index >= 15 is 0 Å². The third-order valence-electron chi connectivity index (χ3n) is 2.32. The summed E-state index contributed by atoms with van der Waals surface area (Å²) in [5.74, 6) is 1.92. The van der Waals surface area contributed by atoms with Crippen LogP contribution in [-0.4, -0.2) is 38.8 Å². The molecular weight excluding hydrogens is 288 g/mol. The Kier molecular flexibility index (Phi) is 5.21. The maximum Gasteiger partial charge on any atom is 0.236 e. The predicted octanol–water partition coefficient (Wildman–Crippen LogP) is 1.98. The molecule has 0 aliphatic heterocycles. The number of hydrogen-bond donors (Lipinski definition) is 2. The zero-order chi connectivity index (χ0) is 13.7. The summed E-state index contributed by atoms with van der Waals surface area (Å²) in [7, 11) is 0. The Morgan fingerprint density at radius 1 is 1.32 bits per heavy atom. The van der Waals surface area contributed by atoms with E-state index in [2.05, 4.69) is 10.1 Å². The van der Waals surface area contributed by atoms with Crippen LogP contribution in [0.5, 0.6) is 0 Å². The molecule has 0 aliphatic carbocycles. The van der Waals surface area contributed by atoms with Crippen LogP contribution in [-0.2, 0) is 5.75 Å². The lowest BCUT2D eigenvalue weighted by Gasteiger charge is -2.03. The Labute approximate surface area is 119 Å². The smallest absolute Gasteiger partial charge is 0.236 e. The van der Waals surface area contributed by atoms with Crippen molar-refractivity contribution >= 4 is 23.4 Å². The number of halogens is 1. The van der Waals surface area contributed by atoms with Crippen LogP contribution in [0.3, 0.4) is 0 Å². The molecule has 0 saturated heterocycles. The molecule has 5 nitrogen and oxygen atoms in total. The molecule has 7 heteroatoms. The molecule has 0 spiro atoms. The lowest BCUT2D eigenvalue weighted by atomic mass is 10.2. The molecule has 1 atom stereocenters. The zero-order valence-corrected chi connectivity index (χ0v) is 11.6. The minimum Gasteiger partial charge on any atom is -0.394 e. The normalized spacial score (nSPS) is 12.6. The van der Waals surface area contributed by atoms with Gasteiger partial charge in [-0.2, -0.15) is 4.98 Å². The summed E-state index contributed by atoms with van der Waals surface area (Å²) in [5, 5.41) is 22.4. The molecule has 1 aromatic heterocycles. The van der Waals surface area contributed by atoms with Crippen LogP contribution in [0.1, 0.15) is 5.89 Å². The standard InChI is InChI=1S/C12H13ClN2O3S/c13-9-3-1-8(2-4-9)12-14-11(18-15-12)7-19-6-10(17)5-16/h1-4,10,16-17H,5-7H2/t10-/m0/s1. The van der Waals surface area contributed by atoms with Crippen molar-refractivity contribution in [2.45, 2.75) is 11.9 Å². The number of aromatic nitrogens is 2. The van der Waals surface area contributed by atoms with Crippen LogP contribution in [0.4, 0.5) is 0 Å². The van der Waals surface area contributed by atoms with Gasteiger partial charge in [0.1, 0.15) is 0 Å². The first-order chi connectivity index (χ1) is 9.19. The molecular formula is C12H13ClN2O3S. The monoisotopic (exact) mass is 300 g/mol. The Balaban J connectivity index is 1.93. The molecule has 2 aromatic rings. The highest BCUT2D eigenvalue weighted by Gasteiger charge is 2.09. The summed E-state index contributed by atoms with van der Waals surface area (Å²) in [6.45, 7) is -0.243. The minimum atomic E-state index is -0.719. The van der Waals surface area contributed by atoms with Crippen LogP contribution in [0.25, 0.3) is 11.4 Å². The van der Waals surface area contributed by atoms with E-state index in [1.165, 1.54) is 11.8 Å². The number of benzene rings is 1. The molecule has 0 bridgehead atoms. The van der Waals surface area contributed by atoms with Gasteiger partial charge in [-0.05, 0) is 24.3 Å². The van der Waals surface area contributed by atoms with E-state index in [0.717, 1.165) is 5.56 Å². The molecule has 0 radical (unpaired) electrons. The molecule has 0 amide bonds.